The first kappa shape index (κ1) is 11.1. The number of rotatable bonds is 4. The largest absolute Gasteiger partial charge is 0.393 e. The van der Waals surface area contributed by atoms with Gasteiger partial charge < -0.3 is 10.8 Å². The standard InChI is InChI=1S/C11H18N2O/c1-8-3-4-10(7-13-8)11(6-12)5-9(2)14/h3-4,7,9,11,14H,5-6,12H2,1-2H3. The molecule has 2 atom stereocenters. The van der Waals surface area contributed by atoms with Crippen LogP contribution in [0.4, 0.5) is 0 Å². The van der Waals surface area contributed by atoms with Gasteiger partial charge >= 0.3 is 0 Å². The lowest BCUT2D eigenvalue weighted by Crippen LogP contribution is -2.17. The van der Waals surface area contributed by atoms with Crippen molar-refractivity contribution in [2.24, 2.45) is 5.73 Å². The van der Waals surface area contributed by atoms with Crippen molar-refractivity contribution >= 4 is 0 Å². The Morgan fingerprint density at radius 3 is 2.64 bits per heavy atom. The third-order valence-corrected chi connectivity index (χ3v) is 2.32. The summed E-state index contributed by atoms with van der Waals surface area (Å²) in [6.45, 7) is 4.29. The first-order valence-electron chi connectivity index (χ1n) is 4.94. The summed E-state index contributed by atoms with van der Waals surface area (Å²) in [6, 6.07) is 4.00. The summed E-state index contributed by atoms with van der Waals surface area (Å²) in [6.07, 6.45) is 2.22. The van der Waals surface area contributed by atoms with E-state index in [0.29, 0.717) is 13.0 Å². The monoisotopic (exact) mass is 194 g/mol. The lowest BCUT2D eigenvalue weighted by molar-refractivity contribution is 0.175. The van der Waals surface area contributed by atoms with Gasteiger partial charge in [0.1, 0.15) is 0 Å². The summed E-state index contributed by atoms with van der Waals surface area (Å²) >= 11 is 0. The molecule has 0 aliphatic rings. The summed E-state index contributed by atoms with van der Waals surface area (Å²) in [5.41, 5.74) is 7.76. The third kappa shape index (κ3) is 3.09. The molecule has 0 aliphatic heterocycles. The first-order chi connectivity index (χ1) is 6.63. The van der Waals surface area contributed by atoms with Crippen molar-refractivity contribution < 1.29 is 5.11 Å². The molecule has 1 aromatic heterocycles. The molecular weight excluding hydrogens is 176 g/mol. The second kappa shape index (κ2) is 5.08. The minimum Gasteiger partial charge on any atom is -0.393 e. The van der Waals surface area contributed by atoms with Crippen LogP contribution < -0.4 is 5.73 Å². The van der Waals surface area contributed by atoms with E-state index in [9.17, 15) is 5.11 Å². The summed E-state index contributed by atoms with van der Waals surface area (Å²) in [5.74, 6) is 0.211. The maximum Gasteiger partial charge on any atom is 0.0518 e. The highest BCUT2D eigenvalue weighted by Gasteiger charge is 2.12. The number of hydrogen-bond donors (Lipinski definition) is 2. The van der Waals surface area contributed by atoms with Crippen molar-refractivity contribution in [3.63, 3.8) is 0 Å². The molecular formula is C11H18N2O. The van der Waals surface area contributed by atoms with Gasteiger partial charge in [-0.2, -0.15) is 0 Å². The fourth-order valence-corrected chi connectivity index (χ4v) is 1.50. The van der Waals surface area contributed by atoms with Crippen LogP contribution in [-0.4, -0.2) is 22.7 Å². The van der Waals surface area contributed by atoms with Gasteiger partial charge in [-0.15, -0.1) is 0 Å². The Morgan fingerprint density at radius 2 is 2.21 bits per heavy atom. The van der Waals surface area contributed by atoms with Crippen LogP contribution in [0.15, 0.2) is 18.3 Å². The lowest BCUT2D eigenvalue weighted by Gasteiger charge is -2.16. The van der Waals surface area contributed by atoms with Gasteiger partial charge in [-0.25, -0.2) is 0 Å². The van der Waals surface area contributed by atoms with Gasteiger partial charge in [-0.05, 0) is 38.4 Å². The number of nitrogens with two attached hydrogens (primary N) is 1. The molecule has 3 nitrogen and oxygen atoms in total. The van der Waals surface area contributed by atoms with Crippen LogP contribution in [0.2, 0.25) is 0 Å². The van der Waals surface area contributed by atoms with E-state index in [-0.39, 0.29) is 12.0 Å². The normalized spacial score (nSPS) is 15.1. The van der Waals surface area contributed by atoms with E-state index in [1.54, 1.807) is 6.92 Å². The van der Waals surface area contributed by atoms with Crippen LogP contribution in [-0.2, 0) is 0 Å². The number of aliphatic hydroxyl groups excluding tert-OH is 1. The van der Waals surface area contributed by atoms with Crippen LogP contribution in [0.1, 0.15) is 30.5 Å². The molecule has 0 bridgehead atoms. The van der Waals surface area contributed by atoms with Crippen LogP contribution in [0.5, 0.6) is 0 Å². The van der Waals surface area contributed by atoms with Crippen molar-refractivity contribution in [1.82, 2.24) is 4.98 Å². The molecule has 0 aliphatic carbocycles. The van der Waals surface area contributed by atoms with Gasteiger partial charge in [0.05, 0.1) is 6.10 Å². The number of aliphatic hydroxyl groups is 1. The Bertz CT molecular complexity index is 269. The molecule has 1 heterocycles. The molecule has 0 amide bonds. The SMILES string of the molecule is Cc1ccc(C(CN)CC(C)O)cn1. The summed E-state index contributed by atoms with van der Waals surface area (Å²) in [5, 5.41) is 9.29. The topological polar surface area (TPSA) is 59.1 Å². The predicted octanol–water partition coefficient (Wildman–Crippen LogP) is 1.20. The van der Waals surface area contributed by atoms with Crippen LogP contribution in [0.25, 0.3) is 0 Å². The minimum absolute atomic E-state index is 0.211. The van der Waals surface area contributed by atoms with Crippen LogP contribution in [0, 0.1) is 6.92 Å². The summed E-state index contributed by atoms with van der Waals surface area (Å²) < 4.78 is 0. The number of aromatic nitrogens is 1. The van der Waals surface area contributed by atoms with E-state index in [0.717, 1.165) is 11.3 Å². The number of aryl methyl sites for hydroxylation is 1. The number of hydrogen-bond acceptors (Lipinski definition) is 3. The van der Waals surface area contributed by atoms with Gasteiger partial charge in [0.15, 0.2) is 0 Å². The zero-order valence-corrected chi connectivity index (χ0v) is 8.77. The molecule has 0 saturated heterocycles. The molecule has 2 unspecified atom stereocenters. The first-order valence-corrected chi connectivity index (χ1v) is 4.94. The lowest BCUT2D eigenvalue weighted by atomic mass is 9.95. The van der Waals surface area contributed by atoms with Gasteiger partial charge in [0.25, 0.3) is 0 Å². The van der Waals surface area contributed by atoms with Crippen molar-refractivity contribution in [2.75, 3.05) is 6.54 Å². The molecule has 1 aromatic rings. The van der Waals surface area contributed by atoms with Crippen LogP contribution >= 0.6 is 0 Å². The number of pyridine rings is 1. The highest BCUT2D eigenvalue weighted by Crippen LogP contribution is 2.19. The molecule has 1 rings (SSSR count). The summed E-state index contributed by atoms with van der Waals surface area (Å²) in [7, 11) is 0. The molecule has 0 fully saturated rings. The summed E-state index contributed by atoms with van der Waals surface area (Å²) in [4.78, 5) is 4.22. The third-order valence-electron chi connectivity index (χ3n) is 2.32. The van der Waals surface area contributed by atoms with Gasteiger partial charge in [-0.3, -0.25) is 4.98 Å². The minimum atomic E-state index is -0.315. The molecule has 14 heavy (non-hydrogen) atoms. The Balaban J connectivity index is 2.73. The van der Waals surface area contributed by atoms with Gasteiger partial charge in [0.2, 0.25) is 0 Å². The van der Waals surface area contributed by atoms with E-state index >= 15 is 0 Å². The van der Waals surface area contributed by atoms with Crippen molar-refractivity contribution in [3.8, 4) is 0 Å². The Hall–Kier alpha value is -0.930. The van der Waals surface area contributed by atoms with Crippen molar-refractivity contribution in [3.05, 3.63) is 29.6 Å². The predicted molar refractivity (Wildman–Crippen MR) is 57.1 cm³/mol. The fraction of sp³-hybridized carbons (Fsp3) is 0.545. The van der Waals surface area contributed by atoms with Gasteiger partial charge in [0, 0.05) is 17.8 Å². The zero-order valence-electron chi connectivity index (χ0n) is 8.77. The average molecular weight is 194 g/mol. The molecule has 0 aromatic carbocycles. The second-order valence-electron chi connectivity index (χ2n) is 3.75. The Kier molecular flexibility index (Phi) is 4.04. The van der Waals surface area contributed by atoms with Crippen molar-refractivity contribution in [2.45, 2.75) is 32.3 Å². The molecule has 0 radical (unpaired) electrons. The fourth-order valence-electron chi connectivity index (χ4n) is 1.50. The van der Waals surface area contributed by atoms with E-state index in [2.05, 4.69) is 4.98 Å². The van der Waals surface area contributed by atoms with E-state index in [1.807, 2.05) is 25.3 Å². The average Bonchev–Trinajstić information content (AvgIpc) is 2.15. The second-order valence-corrected chi connectivity index (χ2v) is 3.75. The molecule has 0 saturated carbocycles. The smallest absolute Gasteiger partial charge is 0.0518 e. The quantitative estimate of drug-likeness (QED) is 0.757. The molecule has 3 heteroatoms. The Labute approximate surface area is 85.0 Å². The van der Waals surface area contributed by atoms with Gasteiger partial charge in [-0.1, -0.05) is 6.07 Å². The molecule has 0 spiro atoms. The molecule has 3 N–H and O–H groups in total. The van der Waals surface area contributed by atoms with E-state index < -0.39 is 0 Å². The zero-order chi connectivity index (χ0) is 10.6. The highest BCUT2D eigenvalue weighted by molar-refractivity contribution is 5.18. The maximum absolute atomic E-state index is 9.29. The number of nitrogens with zero attached hydrogens (tertiary/aromatic N) is 1. The Morgan fingerprint density at radius 1 is 1.50 bits per heavy atom. The van der Waals surface area contributed by atoms with E-state index in [4.69, 9.17) is 5.73 Å². The highest BCUT2D eigenvalue weighted by atomic mass is 16.3. The van der Waals surface area contributed by atoms with Crippen LogP contribution in [0.3, 0.4) is 0 Å². The van der Waals surface area contributed by atoms with Crippen molar-refractivity contribution in [1.29, 1.82) is 0 Å². The maximum atomic E-state index is 9.29. The molecule has 78 valence electrons. The van der Waals surface area contributed by atoms with E-state index in [1.165, 1.54) is 0 Å².